The summed E-state index contributed by atoms with van der Waals surface area (Å²) in [5, 5.41) is 16.0. The lowest BCUT2D eigenvalue weighted by Gasteiger charge is -2.09. The van der Waals surface area contributed by atoms with Crippen LogP contribution in [0.15, 0.2) is 59.7 Å². The molecule has 0 saturated heterocycles. The molecule has 9 heteroatoms. The van der Waals surface area contributed by atoms with Crippen LogP contribution in [0.25, 0.3) is 16.9 Å². The Morgan fingerprint density at radius 2 is 1.76 bits per heavy atom. The minimum atomic E-state index is -0.399. The molecule has 2 heterocycles. The number of amides is 1. The molecule has 2 aromatic carbocycles. The number of aromatic nitrogens is 4. The van der Waals surface area contributed by atoms with E-state index in [2.05, 4.69) is 25.8 Å². The zero-order valence-electron chi connectivity index (χ0n) is 19.7. The molecule has 0 aliphatic heterocycles. The second kappa shape index (κ2) is 9.62. The fraction of sp³-hybridized carbons (Fsp3) is 0.200. The fourth-order valence-corrected chi connectivity index (χ4v) is 3.72. The Bertz CT molecular complexity index is 1350. The summed E-state index contributed by atoms with van der Waals surface area (Å²) in [6, 6.07) is 17.0. The molecule has 1 amide bonds. The van der Waals surface area contributed by atoms with Crippen LogP contribution >= 0.6 is 0 Å². The van der Waals surface area contributed by atoms with E-state index in [9.17, 15) is 4.79 Å². The van der Waals surface area contributed by atoms with Gasteiger partial charge in [0.2, 0.25) is 0 Å². The van der Waals surface area contributed by atoms with E-state index in [1.807, 2.05) is 54.9 Å². The molecule has 0 aliphatic rings. The van der Waals surface area contributed by atoms with Crippen LogP contribution in [0.5, 0.6) is 11.5 Å². The number of ether oxygens (including phenoxy) is 2. The van der Waals surface area contributed by atoms with Gasteiger partial charge in [0.25, 0.3) is 5.91 Å². The van der Waals surface area contributed by atoms with Crippen molar-refractivity contribution in [1.82, 2.24) is 25.4 Å². The number of hydrogen-bond acceptors (Lipinski definition) is 6. The lowest BCUT2D eigenvalue weighted by atomic mass is 10.1. The van der Waals surface area contributed by atoms with Gasteiger partial charge in [0.05, 0.1) is 42.7 Å². The molecule has 2 N–H and O–H groups in total. The van der Waals surface area contributed by atoms with Gasteiger partial charge in [0.1, 0.15) is 5.69 Å². The van der Waals surface area contributed by atoms with E-state index >= 15 is 0 Å². The Labute approximate surface area is 197 Å². The van der Waals surface area contributed by atoms with Gasteiger partial charge in [-0.25, -0.2) is 10.1 Å². The number of carbonyl (C=O) groups excluding carboxylic acids is 1. The standard InChI is InChI=1S/C25H26N6O3/c1-15(18-11-12-22(33-4)23(13-18)34-5)26-29-25(32)21-14-20(27-28-21)24-16(2)30-31(17(24)3)19-9-7-6-8-10-19/h6-14H,1-5H3,(H,27,28)(H,29,32)/b26-15+. The summed E-state index contributed by atoms with van der Waals surface area (Å²) in [4.78, 5) is 12.7. The highest BCUT2D eigenvalue weighted by Crippen LogP contribution is 2.29. The summed E-state index contributed by atoms with van der Waals surface area (Å²) in [5.74, 6) is 0.805. The van der Waals surface area contributed by atoms with Crippen molar-refractivity contribution in [3.05, 3.63) is 77.2 Å². The number of nitrogens with one attached hydrogen (secondary N) is 2. The van der Waals surface area contributed by atoms with E-state index in [4.69, 9.17) is 9.47 Å². The molecule has 0 aliphatic carbocycles. The molecule has 0 bridgehead atoms. The minimum Gasteiger partial charge on any atom is -0.493 e. The number of methoxy groups -OCH3 is 2. The number of aryl methyl sites for hydroxylation is 1. The molecular weight excluding hydrogens is 432 g/mol. The van der Waals surface area contributed by atoms with Crippen LogP contribution in [0, 0.1) is 13.8 Å². The molecule has 34 heavy (non-hydrogen) atoms. The number of hydrazone groups is 1. The Hall–Kier alpha value is -4.40. The minimum absolute atomic E-state index is 0.296. The normalized spacial score (nSPS) is 11.4. The lowest BCUT2D eigenvalue weighted by molar-refractivity contribution is 0.0950. The SMILES string of the molecule is COc1ccc(/C(C)=N/NC(=O)c2cc(-c3c(C)nn(-c4ccccc4)c3C)n[nH]2)cc1OC. The number of aromatic amines is 1. The number of benzene rings is 2. The van der Waals surface area contributed by atoms with E-state index < -0.39 is 5.91 Å². The van der Waals surface area contributed by atoms with Crippen LogP contribution in [0.1, 0.15) is 34.4 Å². The van der Waals surface area contributed by atoms with Crippen molar-refractivity contribution in [3.63, 3.8) is 0 Å². The molecule has 0 radical (unpaired) electrons. The van der Waals surface area contributed by atoms with Crippen LogP contribution in [-0.4, -0.2) is 45.8 Å². The maximum absolute atomic E-state index is 12.7. The number of nitrogens with zero attached hydrogens (tertiary/aromatic N) is 4. The Balaban J connectivity index is 1.53. The largest absolute Gasteiger partial charge is 0.493 e. The highest BCUT2D eigenvalue weighted by Gasteiger charge is 2.19. The van der Waals surface area contributed by atoms with Gasteiger partial charge in [0, 0.05) is 11.1 Å². The third-order valence-electron chi connectivity index (χ3n) is 5.50. The van der Waals surface area contributed by atoms with E-state index in [1.165, 1.54) is 0 Å². The lowest BCUT2D eigenvalue weighted by Crippen LogP contribution is -2.19. The van der Waals surface area contributed by atoms with E-state index in [0.717, 1.165) is 28.2 Å². The maximum atomic E-state index is 12.7. The molecule has 0 fully saturated rings. The zero-order valence-corrected chi connectivity index (χ0v) is 19.7. The van der Waals surface area contributed by atoms with Crippen LogP contribution in [-0.2, 0) is 0 Å². The molecule has 0 saturated carbocycles. The monoisotopic (exact) mass is 458 g/mol. The topological polar surface area (TPSA) is 106 Å². The van der Waals surface area contributed by atoms with Crippen molar-refractivity contribution in [2.75, 3.05) is 14.2 Å². The summed E-state index contributed by atoms with van der Waals surface area (Å²) in [5.41, 5.74) is 8.52. The van der Waals surface area contributed by atoms with Crippen LogP contribution in [0.2, 0.25) is 0 Å². The number of carbonyl (C=O) groups is 1. The summed E-state index contributed by atoms with van der Waals surface area (Å²) in [6.07, 6.45) is 0. The first-order chi connectivity index (χ1) is 16.4. The van der Waals surface area contributed by atoms with Crippen LogP contribution in [0.4, 0.5) is 0 Å². The van der Waals surface area contributed by atoms with E-state index in [0.29, 0.717) is 28.6 Å². The van der Waals surface area contributed by atoms with Gasteiger partial charge in [0.15, 0.2) is 11.5 Å². The molecule has 2 aromatic heterocycles. The molecule has 4 rings (SSSR count). The molecule has 0 spiro atoms. The second-order valence-corrected chi connectivity index (χ2v) is 7.67. The van der Waals surface area contributed by atoms with Gasteiger partial charge in [-0.2, -0.15) is 15.3 Å². The number of H-pyrrole nitrogens is 1. The second-order valence-electron chi connectivity index (χ2n) is 7.67. The molecular formula is C25H26N6O3. The first-order valence-electron chi connectivity index (χ1n) is 10.7. The third-order valence-corrected chi connectivity index (χ3v) is 5.50. The zero-order chi connectivity index (χ0) is 24.2. The Morgan fingerprint density at radius 3 is 2.47 bits per heavy atom. The number of para-hydroxylation sites is 1. The summed E-state index contributed by atoms with van der Waals surface area (Å²) >= 11 is 0. The van der Waals surface area contributed by atoms with Crippen molar-refractivity contribution < 1.29 is 14.3 Å². The van der Waals surface area contributed by atoms with Crippen molar-refractivity contribution in [2.45, 2.75) is 20.8 Å². The van der Waals surface area contributed by atoms with E-state index in [1.54, 1.807) is 39.3 Å². The predicted octanol–water partition coefficient (Wildman–Crippen LogP) is 4.05. The number of rotatable bonds is 7. The average molecular weight is 459 g/mol. The van der Waals surface area contributed by atoms with Gasteiger partial charge >= 0.3 is 0 Å². The molecule has 4 aromatic rings. The fourth-order valence-electron chi connectivity index (χ4n) is 3.72. The third kappa shape index (κ3) is 4.40. The predicted molar refractivity (Wildman–Crippen MR) is 130 cm³/mol. The van der Waals surface area contributed by atoms with Gasteiger partial charge in [-0.15, -0.1) is 0 Å². The molecule has 0 atom stereocenters. The van der Waals surface area contributed by atoms with E-state index in [-0.39, 0.29) is 0 Å². The summed E-state index contributed by atoms with van der Waals surface area (Å²) in [7, 11) is 3.14. The molecule has 174 valence electrons. The smallest absolute Gasteiger partial charge is 0.289 e. The number of hydrogen-bond donors (Lipinski definition) is 2. The summed E-state index contributed by atoms with van der Waals surface area (Å²) < 4.78 is 12.5. The quantitative estimate of drug-likeness (QED) is 0.321. The highest BCUT2D eigenvalue weighted by atomic mass is 16.5. The highest BCUT2D eigenvalue weighted by molar-refractivity contribution is 6.01. The van der Waals surface area contributed by atoms with Crippen LogP contribution in [0.3, 0.4) is 0 Å². The van der Waals surface area contributed by atoms with Crippen molar-refractivity contribution in [3.8, 4) is 28.4 Å². The van der Waals surface area contributed by atoms with Gasteiger partial charge < -0.3 is 9.47 Å². The van der Waals surface area contributed by atoms with Crippen molar-refractivity contribution >= 4 is 11.6 Å². The molecule has 9 nitrogen and oxygen atoms in total. The van der Waals surface area contributed by atoms with Gasteiger partial charge in [-0.05, 0) is 57.2 Å². The van der Waals surface area contributed by atoms with Crippen molar-refractivity contribution in [2.24, 2.45) is 5.10 Å². The first kappa shape index (κ1) is 22.8. The average Bonchev–Trinajstić information content (AvgIpc) is 3.46. The Kier molecular flexibility index (Phi) is 6.44. The maximum Gasteiger partial charge on any atom is 0.289 e. The van der Waals surface area contributed by atoms with Gasteiger partial charge in [-0.3, -0.25) is 9.89 Å². The summed E-state index contributed by atoms with van der Waals surface area (Å²) in [6.45, 7) is 5.70. The van der Waals surface area contributed by atoms with Crippen LogP contribution < -0.4 is 14.9 Å². The first-order valence-corrected chi connectivity index (χ1v) is 10.7. The van der Waals surface area contributed by atoms with Gasteiger partial charge in [-0.1, -0.05) is 18.2 Å². The molecule has 0 unspecified atom stereocenters. The van der Waals surface area contributed by atoms with Crippen molar-refractivity contribution in [1.29, 1.82) is 0 Å². The Morgan fingerprint density at radius 1 is 1.03 bits per heavy atom.